The number of benzene rings is 2. The van der Waals surface area contributed by atoms with Gasteiger partial charge >= 0.3 is 0 Å². The summed E-state index contributed by atoms with van der Waals surface area (Å²) in [7, 11) is 0. The third-order valence-electron chi connectivity index (χ3n) is 4.35. The Morgan fingerprint density at radius 3 is 2.68 bits per heavy atom. The predicted molar refractivity (Wildman–Crippen MR) is 98.1 cm³/mol. The summed E-state index contributed by atoms with van der Waals surface area (Å²) in [5, 5.41) is 3.06. The highest BCUT2D eigenvalue weighted by atomic mass is 16.5. The first-order valence-electron chi connectivity index (χ1n) is 8.68. The van der Waals surface area contributed by atoms with Gasteiger partial charge in [0, 0.05) is 12.0 Å². The molecule has 0 bridgehead atoms. The smallest absolute Gasteiger partial charge is 0.258 e. The van der Waals surface area contributed by atoms with E-state index in [1.807, 2.05) is 48.5 Å². The van der Waals surface area contributed by atoms with Crippen LogP contribution in [0.2, 0.25) is 0 Å². The molecule has 0 aliphatic carbocycles. The molecule has 4 nitrogen and oxygen atoms in total. The van der Waals surface area contributed by atoms with Crippen LogP contribution >= 0.6 is 0 Å². The summed E-state index contributed by atoms with van der Waals surface area (Å²) >= 11 is 0. The van der Waals surface area contributed by atoms with Gasteiger partial charge < -0.3 is 14.8 Å². The molecule has 0 aromatic heterocycles. The number of nitrogens with one attached hydrogen (secondary N) is 1. The Bertz CT molecular complexity index is 749. The van der Waals surface area contributed by atoms with E-state index < -0.39 is 0 Å². The van der Waals surface area contributed by atoms with Crippen molar-refractivity contribution in [1.82, 2.24) is 5.32 Å². The van der Waals surface area contributed by atoms with Crippen LogP contribution in [0.1, 0.15) is 44.4 Å². The molecular weight excluding hydrogens is 314 g/mol. The van der Waals surface area contributed by atoms with E-state index in [2.05, 4.69) is 26.1 Å². The molecule has 0 spiro atoms. The Hall–Kier alpha value is -2.49. The van der Waals surface area contributed by atoms with Crippen LogP contribution in [0.4, 0.5) is 0 Å². The normalized spacial score (nSPS) is 16.5. The maximum absolute atomic E-state index is 12.4. The number of carbonyl (C=O) groups is 1. The number of carbonyl (C=O) groups excluding carboxylic acids is 1. The molecule has 1 aliphatic rings. The van der Waals surface area contributed by atoms with Gasteiger partial charge in [-0.1, -0.05) is 57.2 Å². The monoisotopic (exact) mass is 339 g/mol. The van der Waals surface area contributed by atoms with Crippen LogP contribution < -0.4 is 14.8 Å². The van der Waals surface area contributed by atoms with E-state index >= 15 is 0 Å². The summed E-state index contributed by atoms with van der Waals surface area (Å²) < 4.78 is 11.4. The van der Waals surface area contributed by atoms with Gasteiger partial charge in [0.25, 0.3) is 5.91 Å². The fraction of sp³-hybridized carbons (Fsp3) is 0.381. The highest BCUT2D eigenvalue weighted by Crippen LogP contribution is 2.32. The molecule has 1 atom stereocenters. The third kappa shape index (κ3) is 4.13. The van der Waals surface area contributed by atoms with Crippen molar-refractivity contribution < 1.29 is 14.3 Å². The van der Waals surface area contributed by atoms with Crippen LogP contribution in [0.25, 0.3) is 0 Å². The first kappa shape index (κ1) is 17.3. The summed E-state index contributed by atoms with van der Waals surface area (Å²) in [4.78, 5) is 12.4. The molecule has 2 aromatic carbocycles. The number of para-hydroxylation sites is 2. The second kappa shape index (κ2) is 7.18. The molecule has 132 valence electrons. The lowest BCUT2D eigenvalue weighted by Gasteiger charge is -2.27. The molecule has 0 saturated heterocycles. The van der Waals surface area contributed by atoms with Gasteiger partial charge in [-0.3, -0.25) is 4.79 Å². The third-order valence-corrected chi connectivity index (χ3v) is 4.35. The lowest BCUT2D eigenvalue weighted by Crippen LogP contribution is -2.35. The lowest BCUT2D eigenvalue weighted by molar-refractivity contribution is -0.124. The van der Waals surface area contributed by atoms with Crippen molar-refractivity contribution in [2.45, 2.75) is 38.6 Å². The van der Waals surface area contributed by atoms with E-state index in [0.29, 0.717) is 6.61 Å². The van der Waals surface area contributed by atoms with Crippen molar-refractivity contribution in [3.8, 4) is 11.5 Å². The van der Waals surface area contributed by atoms with Crippen LogP contribution in [-0.2, 0) is 10.2 Å². The van der Waals surface area contributed by atoms with Gasteiger partial charge in [-0.15, -0.1) is 0 Å². The predicted octanol–water partition coefficient (Wildman–Crippen LogP) is 4.00. The van der Waals surface area contributed by atoms with Crippen molar-refractivity contribution in [2.75, 3.05) is 13.2 Å². The molecular formula is C21H25NO3. The number of hydrogen-bond donors (Lipinski definition) is 1. The Morgan fingerprint density at radius 1 is 1.16 bits per heavy atom. The van der Waals surface area contributed by atoms with Crippen LogP contribution in [0.3, 0.4) is 0 Å². The van der Waals surface area contributed by atoms with Crippen LogP contribution in [0.15, 0.2) is 48.5 Å². The Kier molecular flexibility index (Phi) is 4.98. The standard InChI is InChI=1S/C21H25NO3/c1-21(2,3)16-9-5-7-11-19(16)25-14-20(23)22-17-12-13-24-18-10-6-4-8-15(17)18/h4-11,17H,12-14H2,1-3H3,(H,22,23). The van der Waals surface area contributed by atoms with E-state index in [9.17, 15) is 4.79 Å². The number of rotatable bonds is 4. The quantitative estimate of drug-likeness (QED) is 0.916. The fourth-order valence-electron chi connectivity index (χ4n) is 3.08. The van der Waals surface area contributed by atoms with E-state index in [-0.39, 0.29) is 24.0 Å². The minimum Gasteiger partial charge on any atom is -0.493 e. The molecule has 3 rings (SSSR count). The zero-order valence-electron chi connectivity index (χ0n) is 15.0. The lowest BCUT2D eigenvalue weighted by atomic mass is 9.86. The van der Waals surface area contributed by atoms with Crippen molar-refractivity contribution in [3.63, 3.8) is 0 Å². The molecule has 1 N–H and O–H groups in total. The molecule has 1 aliphatic heterocycles. The van der Waals surface area contributed by atoms with Gasteiger partial charge in [0.2, 0.25) is 0 Å². The molecule has 0 saturated carbocycles. The first-order chi connectivity index (χ1) is 11.9. The van der Waals surface area contributed by atoms with Crippen LogP contribution in [0.5, 0.6) is 11.5 Å². The maximum Gasteiger partial charge on any atom is 0.258 e. The maximum atomic E-state index is 12.4. The zero-order chi connectivity index (χ0) is 17.9. The number of amides is 1. The summed E-state index contributed by atoms with van der Waals surface area (Å²) in [6.45, 7) is 7.01. The van der Waals surface area contributed by atoms with E-state index in [1.54, 1.807) is 0 Å². The van der Waals surface area contributed by atoms with Gasteiger partial charge in [0.1, 0.15) is 11.5 Å². The van der Waals surface area contributed by atoms with E-state index in [1.165, 1.54) is 0 Å². The largest absolute Gasteiger partial charge is 0.493 e. The Morgan fingerprint density at radius 2 is 1.88 bits per heavy atom. The average molecular weight is 339 g/mol. The molecule has 1 heterocycles. The molecule has 0 fully saturated rings. The molecule has 0 radical (unpaired) electrons. The summed E-state index contributed by atoms with van der Waals surface area (Å²) in [6.07, 6.45) is 0.765. The molecule has 1 amide bonds. The highest BCUT2D eigenvalue weighted by Gasteiger charge is 2.23. The Balaban J connectivity index is 1.64. The second-order valence-electron chi connectivity index (χ2n) is 7.33. The van der Waals surface area contributed by atoms with Crippen LogP contribution in [0, 0.1) is 0 Å². The van der Waals surface area contributed by atoms with Crippen LogP contribution in [-0.4, -0.2) is 19.1 Å². The van der Waals surface area contributed by atoms with Crippen molar-refractivity contribution >= 4 is 5.91 Å². The molecule has 4 heteroatoms. The fourth-order valence-corrected chi connectivity index (χ4v) is 3.08. The minimum atomic E-state index is -0.120. The van der Waals surface area contributed by atoms with Gasteiger partial charge in [-0.25, -0.2) is 0 Å². The zero-order valence-corrected chi connectivity index (χ0v) is 15.0. The molecule has 25 heavy (non-hydrogen) atoms. The summed E-state index contributed by atoms with van der Waals surface area (Å²) in [6, 6.07) is 15.7. The van der Waals surface area contributed by atoms with Gasteiger partial charge in [-0.05, 0) is 23.1 Å². The highest BCUT2D eigenvalue weighted by molar-refractivity contribution is 5.78. The number of fused-ring (bicyclic) bond motifs is 1. The SMILES string of the molecule is CC(C)(C)c1ccccc1OCC(=O)NC1CCOc2ccccc21. The second-order valence-corrected chi connectivity index (χ2v) is 7.33. The Labute approximate surface area is 149 Å². The number of hydrogen-bond acceptors (Lipinski definition) is 3. The average Bonchev–Trinajstić information content (AvgIpc) is 2.60. The van der Waals surface area contributed by atoms with E-state index in [4.69, 9.17) is 9.47 Å². The van der Waals surface area contributed by atoms with Crippen molar-refractivity contribution in [1.29, 1.82) is 0 Å². The van der Waals surface area contributed by atoms with Crippen molar-refractivity contribution in [3.05, 3.63) is 59.7 Å². The van der Waals surface area contributed by atoms with Gasteiger partial charge in [0.15, 0.2) is 6.61 Å². The first-order valence-corrected chi connectivity index (χ1v) is 8.68. The molecule has 2 aromatic rings. The minimum absolute atomic E-state index is 0.00656. The topological polar surface area (TPSA) is 47.6 Å². The van der Waals surface area contributed by atoms with Gasteiger partial charge in [0.05, 0.1) is 12.6 Å². The van der Waals surface area contributed by atoms with Gasteiger partial charge in [-0.2, -0.15) is 0 Å². The van der Waals surface area contributed by atoms with E-state index in [0.717, 1.165) is 29.0 Å². The van der Waals surface area contributed by atoms with Crippen molar-refractivity contribution in [2.24, 2.45) is 0 Å². The summed E-state index contributed by atoms with van der Waals surface area (Å²) in [5.74, 6) is 1.49. The summed E-state index contributed by atoms with van der Waals surface area (Å²) in [5.41, 5.74) is 2.09. The molecule has 1 unspecified atom stereocenters. The number of ether oxygens (including phenoxy) is 2.